The first kappa shape index (κ1) is 11.9. The van der Waals surface area contributed by atoms with Crippen molar-refractivity contribution in [1.29, 1.82) is 0 Å². The number of pyridine rings is 2. The van der Waals surface area contributed by atoms with Crippen LogP contribution >= 0.6 is 0 Å². The summed E-state index contributed by atoms with van der Waals surface area (Å²) in [5.74, 6) is -0.702. The number of carbonyl (C=O) groups is 1. The topological polar surface area (TPSA) is 88.8 Å². The molecule has 2 rings (SSSR count). The van der Waals surface area contributed by atoms with Gasteiger partial charge < -0.3 is 10.7 Å². The zero-order chi connectivity index (χ0) is 12.1. The lowest BCUT2D eigenvalue weighted by molar-refractivity contribution is 0.0997. The zero-order valence-corrected chi connectivity index (χ0v) is 9.15. The van der Waals surface area contributed by atoms with Crippen molar-refractivity contribution in [3.63, 3.8) is 0 Å². The van der Waals surface area contributed by atoms with E-state index in [1.54, 1.807) is 6.07 Å². The zero-order valence-electron chi connectivity index (χ0n) is 9.15. The first-order chi connectivity index (χ1) is 7.70. The van der Waals surface area contributed by atoms with E-state index in [0.717, 1.165) is 0 Å². The van der Waals surface area contributed by atoms with E-state index in [4.69, 9.17) is 5.73 Å². The third kappa shape index (κ3) is 2.08. The summed E-state index contributed by atoms with van der Waals surface area (Å²) in [5.41, 5.74) is 5.39. The molecule has 0 spiro atoms. The molecule has 5 heteroatoms. The molecule has 0 fully saturated rings. The van der Waals surface area contributed by atoms with Crippen LogP contribution in [0.1, 0.15) is 24.3 Å². The Morgan fingerprint density at radius 3 is 2.69 bits per heavy atom. The minimum atomic E-state index is -0.702. The minimum absolute atomic E-state index is 0.00403. The van der Waals surface area contributed by atoms with E-state index in [1.165, 1.54) is 18.5 Å². The lowest BCUT2D eigenvalue weighted by Crippen LogP contribution is -2.17. The number of nitrogens with two attached hydrogens (primary N) is 1. The van der Waals surface area contributed by atoms with E-state index in [9.17, 15) is 9.59 Å². The molecular formula is C11H13N3O2. The number of aromatic amines is 1. The largest absolute Gasteiger partial charge is 0.364 e. The highest BCUT2D eigenvalue weighted by Gasteiger charge is 2.10. The Kier molecular flexibility index (Phi) is 3.77. The predicted octanol–water partition coefficient (Wildman–Crippen LogP) is 1.05. The molecule has 0 aromatic carbocycles. The van der Waals surface area contributed by atoms with E-state index in [1.807, 2.05) is 13.8 Å². The first-order valence-corrected chi connectivity index (χ1v) is 4.96. The average molecular weight is 219 g/mol. The van der Waals surface area contributed by atoms with Gasteiger partial charge >= 0.3 is 0 Å². The number of hydrogen-bond donors (Lipinski definition) is 2. The minimum Gasteiger partial charge on any atom is -0.364 e. The van der Waals surface area contributed by atoms with Crippen molar-refractivity contribution >= 4 is 16.8 Å². The van der Waals surface area contributed by atoms with E-state index in [-0.39, 0.29) is 16.5 Å². The number of fused-ring (bicyclic) bond motifs is 1. The molecule has 0 radical (unpaired) electrons. The third-order valence-corrected chi connectivity index (χ3v) is 1.90. The molecule has 1 amide bonds. The van der Waals surface area contributed by atoms with E-state index in [0.29, 0.717) is 5.52 Å². The summed E-state index contributed by atoms with van der Waals surface area (Å²) < 4.78 is 0. The van der Waals surface area contributed by atoms with Crippen LogP contribution in [-0.4, -0.2) is 15.9 Å². The Balaban J connectivity index is 0.000000606. The Bertz CT molecular complexity index is 555. The summed E-state index contributed by atoms with van der Waals surface area (Å²) >= 11 is 0. The third-order valence-electron chi connectivity index (χ3n) is 1.90. The summed E-state index contributed by atoms with van der Waals surface area (Å²) in [5, 5.41) is 0.238. The van der Waals surface area contributed by atoms with Crippen LogP contribution in [0.5, 0.6) is 0 Å². The van der Waals surface area contributed by atoms with Crippen LogP contribution in [0.25, 0.3) is 10.9 Å². The molecule has 0 saturated heterocycles. The van der Waals surface area contributed by atoms with E-state index >= 15 is 0 Å². The summed E-state index contributed by atoms with van der Waals surface area (Å²) in [4.78, 5) is 29.0. The quantitative estimate of drug-likeness (QED) is 0.751. The van der Waals surface area contributed by atoms with Gasteiger partial charge in [0.05, 0.1) is 10.9 Å². The fourth-order valence-electron chi connectivity index (χ4n) is 1.31. The summed E-state index contributed by atoms with van der Waals surface area (Å²) in [6.07, 6.45) is 2.94. The second-order valence-corrected chi connectivity index (χ2v) is 2.79. The number of H-pyrrole nitrogens is 1. The fourth-order valence-corrected chi connectivity index (χ4v) is 1.31. The SMILES string of the molecule is CC.NC(=O)c1nccc2[nH]ccc(=O)c12. The highest BCUT2D eigenvalue weighted by molar-refractivity contribution is 6.03. The molecule has 0 aliphatic heterocycles. The molecule has 0 bridgehead atoms. The van der Waals surface area contributed by atoms with Gasteiger partial charge in [0.25, 0.3) is 5.91 Å². The number of carbonyl (C=O) groups excluding carboxylic acids is 1. The van der Waals surface area contributed by atoms with Crippen LogP contribution in [0.15, 0.2) is 29.3 Å². The van der Waals surface area contributed by atoms with Crippen molar-refractivity contribution in [2.45, 2.75) is 13.8 Å². The number of nitrogens with zero attached hydrogens (tertiary/aromatic N) is 1. The Hall–Kier alpha value is -2.17. The number of amides is 1. The van der Waals surface area contributed by atoms with Crippen molar-refractivity contribution in [2.24, 2.45) is 5.73 Å². The Labute approximate surface area is 92.3 Å². The highest BCUT2D eigenvalue weighted by atomic mass is 16.1. The maximum Gasteiger partial charge on any atom is 0.268 e. The van der Waals surface area contributed by atoms with Crippen LogP contribution in [0.3, 0.4) is 0 Å². The number of aromatic nitrogens is 2. The van der Waals surface area contributed by atoms with Crippen molar-refractivity contribution in [2.75, 3.05) is 0 Å². The smallest absolute Gasteiger partial charge is 0.268 e. The standard InChI is InChI=1S/C9H7N3O2.C2H6/c10-9(14)8-7-5(1-3-12-8)11-4-2-6(7)13;1-2/h1-4H,(H2,10,14)(H,11,13);1-2H3. The maximum atomic E-state index is 11.4. The monoisotopic (exact) mass is 219 g/mol. The van der Waals surface area contributed by atoms with Crippen LogP contribution in [0, 0.1) is 0 Å². The summed E-state index contributed by atoms with van der Waals surface area (Å²) in [7, 11) is 0. The van der Waals surface area contributed by atoms with Gasteiger partial charge in [-0.1, -0.05) is 13.8 Å². The van der Waals surface area contributed by atoms with Crippen LogP contribution < -0.4 is 11.2 Å². The van der Waals surface area contributed by atoms with Crippen molar-refractivity contribution in [3.05, 3.63) is 40.4 Å². The maximum absolute atomic E-state index is 11.4. The molecule has 16 heavy (non-hydrogen) atoms. The van der Waals surface area contributed by atoms with Gasteiger partial charge in [-0.25, -0.2) is 0 Å². The van der Waals surface area contributed by atoms with Gasteiger partial charge in [-0.2, -0.15) is 0 Å². The number of nitrogens with one attached hydrogen (secondary N) is 1. The molecule has 2 aromatic heterocycles. The molecule has 0 aliphatic carbocycles. The van der Waals surface area contributed by atoms with Gasteiger partial charge in [-0.05, 0) is 6.07 Å². The fraction of sp³-hybridized carbons (Fsp3) is 0.182. The highest BCUT2D eigenvalue weighted by Crippen LogP contribution is 2.08. The van der Waals surface area contributed by atoms with Crippen molar-refractivity contribution in [3.8, 4) is 0 Å². The average Bonchev–Trinajstić information content (AvgIpc) is 2.31. The van der Waals surface area contributed by atoms with Gasteiger partial charge in [-0.15, -0.1) is 0 Å². The molecule has 0 atom stereocenters. The van der Waals surface area contributed by atoms with Crippen molar-refractivity contribution in [1.82, 2.24) is 9.97 Å². The predicted molar refractivity (Wildman–Crippen MR) is 62.2 cm³/mol. The van der Waals surface area contributed by atoms with Gasteiger partial charge in [0.1, 0.15) is 5.69 Å². The number of rotatable bonds is 1. The second kappa shape index (κ2) is 5.06. The summed E-state index contributed by atoms with van der Waals surface area (Å²) in [6, 6.07) is 2.94. The lowest BCUT2D eigenvalue weighted by Gasteiger charge is -1.99. The van der Waals surface area contributed by atoms with Crippen LogP contribution in [0.2, 0.25) is 0 Å². The molecule has 0 unspecified atom stereocenters. The molecule has 2 heterocycles. The Morgan fingerprint density at radius 1 is 1.38 bits per heavy atom. The van der Waals surface area contributed by atoms with Crippen LogP contribution in [-0.2, 0) is 0 Å². The molecule has 2 aromatic rings. The van der Waals surface area contributed by atoms with Gasteiger partial charge in [0, 0.05) is 18.5 Å². The first-order valence-electron chi connectivity index (χ1n) is 4.96. The van der Waals surface area contributed by atoms with Crippen molar-refractivity contribution < 1.29 is 4.79 Å². The Morgan fingerprint density at radius 2 is 2.06 bits per heavy atom. The number of primary amides is 1. The van der Waals surface area contributed by atoms with Crippen LogP contribution in [0.4, 0.5) is 0 Å². The molecular weight excluding hydrogens is 206 g/mol. The lowest BCUT2D eigenvalue weighted by atomic mass is 10.2. The second-order valence-electron chi connectivity index (χ2n) is 2.79. The molecule has 3 N–H and O–H groups in total. The summed E-state index contributed by atoms with van der Waals surface area (Å²) in [6.45, 7) is 4.00. The van der Waals surface area contributed by atoms with Gasteiger partial charge in [-0.3, -0.25) is 14.6 Å². The number of hydrogen-bond acceptors (Lipinski definition) is 3. The van der Waals surface area contributed by atoms with Gasteiger partial charge in [0.2, 0.25) is 0 Å². The normalized spacial score (nSPS) is 9.38. The molecule has 5 nitrogen and oxygen atoms in total. The van der Waals surface area contributed by atoms with Gasteiger partial charge in [0.15, 0.2) is 5.43 Å². The van der Waals surface area contributed by atoms with E-state index < -0.39 is 5.91 Å². The molecule has 84 valence electrons. The molecule has 0 saturated carbocycles. The molecule has 0 aliphatic rings. The van der Waals surface area contributed by atoms with E-state index in [2.05, 4.69) is 9.97 Å².